The zero-order chi connectivity index (χ0) is 21.3. The lowest BCUT2D eigenvalue weighted by Crippen LogP contribution is -2.27. The third-order valence-corrected chi connectivity index (χ3v) is 6.79. The number of aromatic nitrogens is 1. The second-order valence-electron chi connectivity index (χ2n) is 7.36. The van der Waals surface area contributed by atoms with Gasteiger partial charge in [-0.05, 0) is 48.6 Å². The summed E-state index contributed by atoms with van der Waals surface area (Å²) in [5, 5.41) is 3.95. The van der Waals surface area contributed by atoms with Gasteiger partial charge in [0.25, 0.3) is 5.91 Å². The molecule has 0 bridgehead atoms. The van der Waals surface area contributed by atoms with Crippen molar-refractivity contribution in [3.05, 3.63) is 64.2 Å². The van der Waals surface area contributed by atoms with E-state index in [-0.39, 0.29) is 24.5 Å². The molecule has 30 heavy (non-hydrogen) atoms. The Morgan fingerprint density at radius 3 is 2.93 bits per heavy atom. The first-order chi connectivity index (χ1) is 14.4. The number of hydrogen-bond acceptors (Lipinski definition) is 5. The Hall–Kier alpha value is -3.03. The van der Waals surface area contributed by atoms with Gasteiger partial charge in [-0.15, -0.1) is 11.3 Å². The highest BCUT2D eigenvalue weighted by Crippen LogP contribution is 2.36. The summed E-state index contributed by atoms with van der Waals surface area (Å²) in [5.74, 6) is 0.206. The molecule has 1 aliphatic rings. The molecular formula is C23H23N3O3S. The lowest BCUT2D eigenvalue weighted by molar-refractivity contribution is -0.126. The van der Waals surface area contributed by atoms with E-state index >= 15 is 0 Å². The molecule has 3 heterocycles. The number of rotatable bonds is 4. The Balaban J connectivity index is 1.50. The number of aryl methyl sites for hydroxylation is 1. The molecule has 1 N–H and O–H groups in total. The fraction of sp³-hybridized carbons (Fsp3) is 0.261. The maximum atomic E-state index is 12.8. The Morgan fingerprint density at radius 1 is 1.33 bits per heavy atom. The van der Waals surface area contributed by atoms with Gasteiger partial charge in [0.05, 0.1) is 12.6 Å². The van der Waals surface area contributed by atoms with Gasteiger partial charge in [-0.2, -0.15) is 0 Å². The van der Waals surface area contributed by atoms with E-state index in [2.05, 4.69) is 29.4 Å². The summed E-state index contributed by atoms with van der Waals surface area (Å²) >= 11 is 1.73. The van der Waals surface area contributed by atoms with Crippen molar-refractivity contribution in [1.82, 2.24) is 9.88 Å². The van der Waals surface area contributed by atoms with Crippen molar-refractivity contribution in [3.8, 4) is 0 Å². The van der Waals surface area contributed by atoms with Crippen LogP contribution in [0.1, 0.15) is 34.5 Å². The predicted molar refractivity (Wildman–Crippen MR) is 119 cm³/mol. The van der Waals surface area contributed by atoms with Crippen LogP contribution in [0.2, 0.25) is 0 Å². The average Bonchev–Trinajstić information content (AvgIpc) is 2.96. The van der Waals surface area contributed by atoms with Crippen molar-refractivity contribution in [2.75, 3.05) is 19.0 Å². The monoisotopic (exact) mass is 421 g/mol. The Bertz CT molecular complexity index is 1150. The van der Waals surface area contributed by atoms with Crippen LogP contribution in [0.15, 0.2) is 42.6 Å². The Labute approximate surface area is 179 Å². The smallest absolute Gasteiger partial charge is 0.251 e. The maximum Gasteiger partial charge on any atom is 0.251 e. The van der Waals surface area contributed by atoms with Gasteiger partial charge in [0, 0.05) is 34.5 Å². The summed E-state index contributed by atoms with van der Waals surface area (Å²) < 4.78 is 6.55. The number of nitrogens with one attached hydrogen (secondary N) is 1. The third kappa shape index (κ3) is 3.99. The summed E-state index contributed by atoms with van der Waals surface area (Å²) in [7, 11) is 1.82. The molecule has 0 radical (unpaired) electrons. The van der Waals surface area contributed by atoms with Crippen LogP contribution in [0.25, 0.3) is 16.2 Å². The van der Waals surface area contributed by atoms with E-state index < -0.39 is 0 Å². The number of anilines is 1. The van der Waals surface area contributed by atoms with E-state index in [1.165, 1.54) is 20.5 Å². The first-order valence-electron chi connectivity index (χ1n) is 9.73. The number of hydrogen-bond donors (Lipinski definition) is 1. The highest BCUT2D eigenvalue weighted by Gasteiger charge is 2.21. The maximum absolute atomic E-state index is 12.8. The van der Waals surface area contributed by atoms with Crippen LogP contribution in [0.5, 0.6) is 0 Å². The second-order valence-corrected chi connectivity index (χ2v) is 8.45. The number of likely N-dealkylation sites (N-methyl/N-ethyl adjacent to an activating group) is 1. The molecule has 6 nitrogen and oxygen atoms in total. The van der Waals surface area contributed by atoms with Crippen LogP contribution < -0.4 is 5.32 Å². The summed E-state index contributed by atoms with van der Waals surface area (Å²) in [6.45, 7) is 4.48. The summed E-state index contributed by atoms with van der Waals surface area (Å²) in [4.78, 5) is 31.6. The summed E-state index contributed by atoms with van der Waals surface area (Å²) in [6.07, 6.45) is 4.93. The minimum Gasteiger partial charge on any atom is -0.367 e. The third-order valence-electron chi connectivity index (χ3n) is 5.34. The van der Waals surface area contributed by atoms with E-state index in [0.29, 0.717) is 12.4 Å². The summed E-state index contributed by atoms with van der Waals surface area (Å²) in [5.41, 5.74) is 2.79. The van der Waals surface area contributed by atoms with Crippen molar-refractivity contribution in [2.45, 2.75) is 26.5 Å². The van der Waals surface area contributed by atoms with Crippen LogP contribution in [0.3, 0.4) is 0 Å². The first-order valence-corrected chi connectivity index (χ1v) is 10.5. The largest absolute Gasteiger partial charge is 0.367 e. The number of pyridine rings is 1. The molecule has 2 amide bonds. The van der Waals surface area contributed by atoms with E-state index in [1.54, 1.807) is 34.6 Å². The number of benzene rings is 1. The van der Waals surface area contributed by atoms with Gasteiger partial charge in [-0.1, -0.05) is 18.2 Å². The minimum atomic E-state index is -0.216. The second kappa shape index (κ2) is 8.38. The Morgan fingerprint density at radius 2 is 2.13 bits per heavy atom. The molecule has 1 aromatic carbocycles. The van der Waals surface area contributed by atoms with Crippen molar-refractivity contribution in [1.29, 1.82) is 0 Å². The lowest BCUT2D eigenvalue weighted by atomic mass is 10.1. The molecule has 4 rings (SSSR count). The van der Waals surface area contributed by atoms with E-state index in [0.717, 1.165) is 11.1 Å². The molecule has 1 aliphatic heterocycles. The SMILES string of the molecule is Cc1c(C(C)N(C)C(=O)C=Cc2cnc3c(c2)COCC(=O)N3)sc2ccccc12. The van der Waals surface area contributed by atoms with Crippen LogP contribution in [-0.4, -0.2) is 35.4 Å². The van der Waals surface area contributed by atoms with E-state index in [9.17, 15) is 9.59 Å². The molecular weight excluding hydrogens is 398 g/mol. The molecule has 0 saturated heterocycles. The van der Waals surface area contributed by atoms with E-state index in [1.807, 2.05) is 32.2 Å². The fourth-order valence-corrected chi connectivity index (χ4v) is 4.81. The van der Waals surface area contributed by atoms with Crippen molar-refractivity contribution >= 4 is 45.1 Å². The van der Waals surface area contributed by atoms with E-state index in [4.69, 9.17) is 4.74 Å². The molecule has 0 spiro atoms. The predicted octanol–water partition coefficient (Wildman–Crippen LogP) is 4.31. The van der Waals surface area contributed by atoms with Gasteiger partial charge in [-0.3, -0.25) is 9.59 Å². The number of amides is 2. The topological polar surface area (TPSA) is 71.5 Å². The number of nitrogens with zero attached hydrogens (tertiary/aromatic N) is 2. The first kappa shape index (κ1) is 20.3. The minimum absolute atomic E-state index is 0.0137. The van der Waals surface area contributed by atoms with Crippen molar-refractivity contribution in [3.63, 3.8) is 0 Å². The van der Waals surface area contributed by atoms with Gasteiger partial charge in [-0.25, -0.2) is 4.98 Å². The zero-order valence-corrected chi connectivity index (χ0v) is 18.0. The molecule has 0 aliphatic carbocycles. The van der Waals surface area contributed by atoms with Crippen molar-refractivity contribution in [2.24, 2.45) is 0 Å². The van der Waals surface area contributed by atoms with Gasteiger partial charge in [0.1, 0.15) is 12.4 Å². The highest BCUT2D eigenvalue weighted by molar-refractivity contribution is 7.19. The zero-order valence-electron chi connectivity index (χ0n) is 17.1. The Kier molecular flexibility index (Phi) is 5.65. The molecule has 0 saturated carbocycles. The van der Waals surface area contributed by atoms with Gasteiger partial charge in [0.15, 0.2) is 0 Å². The highest BCUT2D eigenvalue weighted by atomic mass is 32.1. The van der Waals surface area contributed by atoms with Gasteiger partial charge in [0.2, 0.25) is 5.91 Å². The van der Waals surface area contributed by atoms with Gasteiger partial charge >= 0.3 is 0 Å². The number of fused-ring (bicyclic) bond motifs is 2. The fourth-order valence-electron chi connectivity index (χ4n) is 3.51. The lowest BCUT2D eigenvalue weighted by Gasteiger charge is -2.23. The molecule has 7 heteroatoms. The normalized spacial score (nSPS) is 15.0. The molecule has 2 aromatic heterocycles. The van der Waals surface area contributed by atoms with Crippen LogP contribution in [0, 0.1) is 6.92 Å². The molecule has 0 fully saturated rings. The average molecular weight is 422 g/mol. The number of carbonyl (C=O) groups is 2. The van der Waals surface area contributed by atoms with Crippen LogP contribution >= 0.6 is 11.3 Å². The number of carbonyl (C=O) groups excluding carboxylic acids is 2. The molecule has 154 valence electrons. The summed E-state index contributed by atoms with van der Waals surface area (Å²) in [6, 6.07) is 10.2. The molecule has 1 atom stereocenters. The van der Waals surface area contributed by atoms with Gasteiger partial charge < -0.3 is 15.0 Å². The standard InChI is InChI=1S/C23H23N3O3S/c1-14-18-6-4-5-7-19(18)30-22(14)15(2)26(3)21(28)9-8-16-10-17-12-29-13-20(27)25-23(17)24-11-16/h4-11,15H,12-13H2,1-3H3,(H,24,25,27). The number of thiophene rings is 1. The van der Waals surface area contributed by atoms with Crippen LogP contribution in [-0.2, 0) is 20.9 Å². The molecule has 3 aromatic rings. The molecule has 1 unspecified atom stereocenters. The number of ether oxygens (including phenoxy) is 1. The quantitative estimate of drug-likeness (QED) is 0.638. The van der Waals surface area contributed by atoms with Crippen LogP contribution in [0.4, 0.5) is 5.82 Å². The van der Waals surface area contributed by atoms with Crippen molar-refractivity contribution < 1.29 is 14.3 Å².